The first-order valence-corrected chi connectivity index (χ1v) is 13.2. The predicted molar refractivity (Wildman–Crippen MR) is 130 cm³/mol. The molecule has 2 aliphatic rings. The second kappa shape index (κ2) is 9.67. The van der Waals surface area contributed by atoms with E-state index in [-0.39, 0.29) is 29.0 Å². The Hall–Kier alpha value is -3.43. The van der Waals surface area contributed by atoms with E-state index in [1.54, 1.807) is 30.3 Å². The minimum atomic E-state index is -3.63. The molecule has 0 spiro atoms. The number of carbonyl (C=O) groups is 2. The molecule has 5 rings (SSSR count). The van der Waals surface area contributed by atoms with Crippen LogP contribution in [-0.2, 0) is 27.8 Å². The van der Waals surface area contributed by atoms with Crippen LogP contribution >= 0.6 is 0 Å². The number of anilines is 1. The summed E-state index contributed by atoms with van der Waals surface area (Å²) in [5, 5.41) is 2.84. The van der Waals surface area contributed by atoms with Gasteiger partial charge in [0, 0.05) is 31.7 Å². The van der Waals surface area contributed by atoms with Gasteiger partial charge in [-0.05, 0) is 54.3 Å². The molecule has 8 nitrogen and oxygen atoms in total. The Kier molecular flexibility index (Phi) is 6.44. The van der Waals surface area contributed by atoms with Crippen molar-refractivity contribution in [3.8, 4) is 0 Å². The largest absolute Gasteiger partial charge is 0.459 e. The van der Waals surface area contributed by atoms with E-state index in [2.05, 4.69) is 5.32 Å². The van der Waals surface area contributed by atoms with E-state index in [4.69, 9.17) is 4.42 Å². The van der Waals surface area contributed by atoms with Crippen molar-refractivity contribution in [2.24, 2.45) is 0 Å². The molecule has 0 saturated carbocycles. The van der Waals surface area contributed by atoms with Crippen molar-refractivity contribution in [2.45, 2.75) is 43.2 Å². The first-order chi connectivity index (χ1) is 16.9. The number of nitrogens with zero attached hydrogens (tertiary/aromatic N) is 2. The van der Waals surface area contributed by atoms with E-state index in [9.17, 15) is 18.0 Å². The molecule has 1 saturated heterocycles. The van der Waals surface area contributed by atoms with Crippen LogP contribution < -0.4 is 5.32 Å². The fourth-order valence-electron chi connectivity index (χ4n) is 4.73. The van der Waals surface area contributed by atoms with Crippen molar-refractivity contribution in [1.82, 2.24) is 9.21 Å². The molecule has 2 aliphatic heterocycles. The maximum absolute atomic E-state index is 13.4. The molecule has 2 amide bonds. The number of sulfonamides is 1. The first-order valence-electron chi connectivity index (χ1n) is 11.8. The SMILES string of the molecule is O=C(Nc1cccc(S(=O)(=O)N2CCCCC2)c1)C1Cc2ccccc2CN1C(=O)c1ccco1. The summed E-state index contributed by atoms with van der Waals surface area (Å²) in [6.07, 6.45) is 4.49. The van der Waals surface area contributed by atoms with Crippen LogP contribution in [0.1, 0.15) is 40.9 Å². The molecule has 3 aromatic rings. The molecule has 35 heavy (non-hydrogen) atoms. The number of carbonyl (C=O) groups excluding carboxylic acids is 2. The topological polar surface area (TPSA) is 99.9 Å². The number of hydrogen-bond donors (Lipinski definition) is 1. The molecule has 1 unspecified atom stereocenters. The highest BCUT2D eigenvalue weighted by Crippen LogP contribution is 2.27. The van der Waals surface area contributed by atoms with Crippen LogP contribution in [0.3, 0.4) is 0 Å². The lowest BCUT2D eigenvalue weighted by Crippen LogP contribution is -2.50. The van der Waals surface area contributed by atoms with Crippen LogP contribution in [0.25, 0.3) is 0 Å². The Morgan fingerprint density at radius 1 is 0.914 bits per heavy atom. The standard InChI is InChI=1S/C26H27N3O5S/c30-25(27-21-10-6-11-22(17-21)35(32,33)28-13-4-1-5-14-28)23-16-19-8-2-3-9-20(19)18-29(23)26(31)24-12-7-15-34-24/h2-3,6-12,15,17,23H,1,4-5,13-14,16,18H2,(H,27,30). The second-order valence-electron chi connectivity index (χ2n) is 8.88. The third-order valence-corrected chi connectivity index (χ3v) is 8.49. The van der Waals surface area contributed by atoms with Crippen LogP contribution in [0.5, 0.6) is 0 Å². The summed E-state index contributed by atoms with van der Waals surface area (Å²) in [5.41, 5.74) is 2.35. The number of fused-ring (bicyclic) bond motifs is 1. The quantitative estimate of drug-likeness (QED) is 0.585. The Morgan fingerprint density at radius 2 is 1.69 bits per heavy atom. The molecular weight excluding hydrogens is 466 g/mol. The smallest absolute Gasteiger partial charge is 0.290 e. The normalized spacial score (nSPS) is 18.6. The third kappa shape index (κ3) is 4.74. The van der Waals surface area contributed by atoms with Crippen molar-refractivity contribution in [3.05, 3.63) is 83.8 Å². The molecule has 2 aromatic carbocycles. The zero-order chi connectivity index (χ0) is 24.4. The molecular formula is C26H27N3O5S. The zero-order valence-corrected chi connectivity index (χ0v) is 20.0. The Morgan fingerprint density at radius 3 is 2.43 bits per heavy atom. The molecule has 1 N–H and O–H groups in total. The number of piperidine rings is 1. The summed E-state index contributed by atoms with van der Waals surface area (Å²) in [6.45, 7) is 1.28. The highest BCUT2D eigenvalue weighted by Gasteiger charge is 2.36. The lowest BCUT2D eigenvalue weighted by molar-refractivity contribution is -0.121. The van der Waals surface area contributed by atoms with Crippen LogP contribution in [0.4, 0.5) is 5.69 Å². The average Bonchev–Trinajstić information content (AvgIpc) is 3.43. The summed E-state index contributed by atoms with van der Waals surface area (Å²) in [6, 6.07) is 16.5. The highest BCUT2D eigenvalue weighted by molar-refractivity contribution is 7.89. The van der Waals surface area contributed by atoms with Gasteiger partial charge >= 0.3 is 0 Å². The Bertz CT molecular complexity index is 1330. The van der Waals surface area contributed by atoms with Gasteiger partial charge in [-0.25, -0.2) is 8.42 Å². The number of nitrogens with one attached hydrogen (secondary N) is 1. The molecule has 182 valence electrons. The first kappa shape index (κ1) is 23.3. The van der Waals surface area contributed by atoms with Gasteiger partial charge in [0.15, 0.2) is 5.76 Å². The number of furan rings is 1. The summed E-state index contributed by atoms with van der Waals surface area (Å²) in [5.74, 6) is -0.588. The third-order valence-electron chi connectivity index (χ3n) is 6.60. The number of benzene rings is 2. The van der Waals surface area contributed by atoms with Gasteiger partial charge in [-0.1, -0.05) is 36.8 Å². The second-order valence-corrected chi connectivity index (χ2v) is 10.8. The van der Waals surface area contributed by atoms with Crippen LogP contribution in [0, 0.1) is 0 Å². The van der Waals surface area contributed by atoms with Crippen molar-refractivity contribution < 1.29 is 22.4 Å². The Balaban J connectivity index is 1.40. The maximum Gasteiger partial charge on any atom is 0.290 e. The summed E-state index contributed by atoms with van der Waals surface area (Å²) in [7, 11) is -3.63. The summed E-state index contributed by atoms with van der Waals surface area (Å²) < 4.78 is 33.0. The fourth-order valence-corrected chi connectivity index (χ4v) is 6.29. The van der Waals surface area contributed by atoms with Gasteiger partial charge in [-0.3, -0.25) is 9.59 Å². The molecule has 1 fully saturated rings. The molecule has 3 heterocycles. The van der Waals surface area contributed by atoms with Gasteiger partial charge in [0.1, 0.15) is 6.04 Å². The minimum Gasteiger partial charge on any atom is -0.459 e. The molecule has 1 atom stereocenters. The highest BCUT2D eigenvalue weighted by atomic mass is 32.2. The van der Waals surface area contributed by atoms with Crippen molar-refractivity contribution in [1.29, 1.82) is 0 Å². The lowest BCUT2D eigenvalue weighted by Gasteiger charge is -2.35. The molecule has 0 aliphatic carbocycles. The van der Waals surface area contributed by atoms with Gasteiger partial charge < -0.3 is 14.6 Å². The number of rotatable bonds is 5. The van der Waals surface area contributed by atoms with Gasteiger partial charge in [0.25, 0.3) is 5.91 Å². The van der Waals surface area contributed by atoms with Crippen molar-refractivity contribution in [2.75, 3.05) is 18.4 Å². The van der Waals surface area contributed by atoms with Crippen molar-refractivity contribution in [3.63, 3.8) is 0 Å². The minimum absolute atomic E-state index is 0.148. The number of amides is 2. The van der Waals surface area contributed by atoms with E-state index < -0.39 is 16.1 Å². The zero-order valence-electron chi connectivity index (χ0n) is 19.2. The molecule has 0 radical (unpaired) electrons. The van der Waals surface area contributed by atoms with Crippen LogP contribution in [0.2, 0.25) is 0 Å². The summed E-state index contributed by atoms with van der Waals surface area (Å²) in [4.78, 5) is 28.2. The monoisotopic (exact) mass is 493 g/mol. The fraction of sp³-hybridized carbons (Fsp3) is 0.308. The summed E-state index contributed by atoms with van der Waals surface area (Å²) >= 11 is 0. The number of hydrogen-bond acceptors (Lipinski definition) is 5. The Labute approximate surface area is 204 Å². The van der Waals surface area contributed by atoms with Crippen LogP contribution in [-0.4, -0.2) is 48.6 Å². The molecule has 9 heteroatoms. The van der Waals surface area contributed by atoms with E-state index in [1.165, 1.54) is 21.5 Å². The van der Waals surface area contributed by atoms with Gasteiger partial charge in [-0.15, -0.1) is 0 Å². The molecule has 1 aromatic heterocycles. The van der Waals surface area contributed by atoms with E-state index in [0.717, 1.165) is 30.4 Å². The van der Waals surface area contributed by atoms with Crippen LogP contribution in [0.15, 0.2) is 76.2 Å². The van der Waals surface area contributed by atoms with E-state index >= 15 is 0 Å². The van der Waals surface area contributed by atoms with Crippen molar-refractivity contribution >= 4 is 27.5 Å². The van der Waals surface area contributed by atoms with Gasteiger partial charge in [0.2, 0.25) is 15.9 Å². The van der Waals surface area contributed by atoms with Gasteiger partial charge in [-0.2, -0.15) is 4.31 Å². The van der Waals surface area contributed by atoms with E-state index in [0.29, 0.717) is 25.2 Å². The predicted octanol–water partition coefficient (Wildman–Crippen LogP) is 3.66. The maximum atomic E-state index is 13.4. The average molecular weight is 494 g/mol. The van der Waals surface area contributed by atoms with Gasteiger partial charge in [0.05, 0.1) is 11.2 Å². The molecule has 0 bridgehead atoms. The lowest BCUT2D eigenvalue weighted by atomic mass is 9.93. The van der Waals surface area contributed by atoms with E-state index in [1.807, 2.05) is 24.3 Å².